The maximum absolute atomic E-state index is 12.3. The monoisotopic (exact) mass is 492 g/mol. The summed E-state index contributed by atoms with van der Waals surface area (Å²) in [5.74, 6) is -2.51. The van der Waals surface area contributed by atoms with E-state index in [1.54, 1.807) is 0 Å². The van der Waals surface area contributed by atoms with Crippen LogP contribution in [0.3, 0.4) is 0 Å². The number of carbonyl (C=O) groups excluding carboxylic acids is 3. The average molecular weight is 492 g/mol. The number of rotatable bonds is 10. The second kappa shape index (κ2) is 13.4. The molecule has 4 amide bonds. The molecule has 0 spiro atoms. The summed E-state index contributed by atoms with van der Waals surface area (Å²) in [6.45, 7) is 3.73. The van der Waals surface area contributed by atoms with E-state index in [0.717, 1.165) is 5.56 Å². The molecule has 1 heterocycles. The summed E-state index contributed by atoms with van der Waals surface area (Å²) in [4.78, 5) is 61.1. The van der Waals surface area contributed by atoms with Gasteiger partial charge in [0.05, 0.1) is 6.42 Å². The molecule has 4 N–H and O–H groups in total. The van der Waals surface area contributed by atoms with Crippen molar-refractivity contribution >= 4 is 30.2 Å². The molecule has 1 atom stereocenters. The Balaban J connectivity index is 1.72. The normalized spacial score (nSPS) is 13.8. The predicted octanol–water partition coefficient (Wildman–Crippen LogP) is 1.21. The maximum Gasteiger partial charge on any atom is 0.410 e. The van der Waals surface area contributed by atoms with Crippen LogP contribution in [0.5, 0.6) is 0 Å². The summed E-state index contributed by atoms with van der Waals surface area (Å²) < 4.78 is 10.3. The fraction of sp³-hybridized carbons (Fsp3) is 0.409. The Kier molecular flexibility index (Phi) is 10.3. The highest BCUT2D eigenvalue weighted by Gasteiger charge is 2.28. The van der Waals surface area contributed by atoms with E-state index in [-0.39, 0.29) is 51.3 Å². The molecule has 13 heteroatoms. The molecule has 190 valence electrons. The minimum Gasteiger partial charge on any atom is -0.481 e. The summed E-state index contributed by atoms with van der Waals surface area (Å²) >= 11 is 0. The van der Waals surface area contributed by atoms with Gasteiger partial charge in [0, 0.05) is 31.9 Å². The topological polar surface area (TPSA) is 175 Å². The first kappa shape index (κ1) is 27.0. The van der Waals surface area contributed by atoms with Gasteiger partial charge < -0.3 is 40.1 Å². The van der Waals surface area contributed by atoms with Crippen LogP contribution in [-0.4, -0.2) is 89.0 Å². The lowest BCUT2D eigenvalue weighted by molar-refractivity contribution is -0.140. The van der Waals surface area contributed by atoms with Crippen molar-refractivity contribution in [2.75, 3.05) is 32.8 Å². The summed E-state index contributed by atoms with van der Waals surface area (Å²) in [7, 11) is 0. The average Bonchev–Trinajstić information content (AvgIpc) is 2.84. The molecule has 0 aromatic heterocycles. The molecule has 0 saturated carbocycles. The quantitative estimate of drug-likeness (QED) is 0.374. The van der Waals surface area contributed by atoms with Gasteiger partial charge in [0.1, 0.15) is 13.2 Å². The Labute approximate surface area is 201 Å². The van der Waals surface area contributed by atoms with Gasteiger partial charge in [-0.1, -0.05) is 36.9 Å². The molecule has 0 unspecified atom stereocenters. The van der Waals surface area contributed by atoms with Crippen molar-refractivity contribution in [3.63, 3.8) is 0 Å². The van der Waals surface area contributed by atoms with Gasteiger partial charge in [-0.2, -0.15) is 0 Å². The predicted molar refractivity (Wildman–Crippen MR) is 120 cm³/mol. The second-order valence-corrected chi connectivity index (χ2v) is 7.58. The number of hydrogen-bond acceptors (Lipinski definition) is 7. The summed E-state index contributed by atoms with van der Waals surface area (Å²) in [6.07, 6.45) is -1.58. The van der Waals surface area contributed by atoms with Crippen molar-refractivity contribution in [3.05, 3.63) is 48.2 Å². The highest BCUT2D eigenvalue weighted by molar-refractivity contribution is 5.83. The van der Waals surface area contributed by atoms with E-state index in [9.17, 15) is 29.1 Å². The number of piperazine rings is 1. The molecule has 13 nitrogen and oxygen atoms in total. The lowest BCUT2D eigenvalue weighted by Crippen LogP contribution is -2.52. The van der Waals surface area contributed by atoms with Gasteiger partial charge >= 0.3 is 30.2 Å². The van der Waals surface area contributed by atoms with E-state index in [2.05, 4.69) is 17.2 Å². The lowest BCUT2D eigenvalue weighted by Gasteiger charge is -2.33. The number of nitrogens with zero attached hydrogens (tertiary/aromatic N) is 2. The Morgan fingerprint density at radius 2 is 1.49 bits per heavy atom. The first-order valence-electron chi connectivity index (χ1n) is 10.7. The SMILES string of the molecule is C=C(CCC(=O)O)NC(=O)N[C@@H](COC(=O)N1CCN(C(=O)OCc2ccccc2)CC1)C(=O)O. The summed E-state index contributed by atoms with van der Waals surface area (Å²) in [5, 5.41) is 22.3. The standard InChI is InChI=1S/C22H28N4O9/c1-15(7-8-18(27)28)23-20(31)24-17(19(29)30)14-35-22(33)26-11-9-25(10-12-26)21(32)34-13-16-5-3-2-4-6-16/h2-6,17H,1,7-14H2,(H,27,28)(H,29,30)(H2,23,24,31)/t17-/m0/s1. The number of benzene rings is 1. The third-order valence-corrected chi connectivity index (χ3v) is 4.91. The largest absolute Gasteiger partial charge is 0.481 e. The first-order chi connectivity index (χ1) is 16.7. The molecular formula is C22H28N4O9. The lowest BCUT2D eigenvalue weighted by atomic mass is 10.2. The molecule has 1 aromatic rings. The number of allylic oxidation sites excluding steroid dienone is 1. The van der Waals surface area contributed by atoms with E-state index in [1.165, 1.54) is 9.80 Å². The number of hydrogen-bond donors (Lipinski definition) is 4. The van der Waals surface area contributed by atoms with Crippen molar-refractivity contribution < 1.29 is 43.7 Å². The highest BCUT2D eigenvalue weighted by atomic mass is 16.6. The number of aliphatic carboxylic acids is 2. The van der Waals surface area contributed by atoms with Crippen molar-refractivity contribution in [1.82, 2.24) is 20.4 Å². The molecule has 0 radical (unpaired) electrons. The van der Waals surface area contributed by atoms with Crippen LogP contribution in [0.15, 0.2) is 42.6 Å². The van der Waals surface area contributed by atoms with Gasteiger partial charge in [0.15, 0.2) is 6.04 Å². The molecule has 2 rings (SSSR count). The third-order valence-electron chi connectivity index (χ3n) is 4.91. The number of urea groups is 1. The van der Waals surface area contributed by atoms with Crippen molar-refractivity contribution in [1.29, 1.82) is 0 Å². The van der Waals surface area contributed by atoms with E-state index in [1.807, 2.05) is 30.3 Å². The number of carboxylic acid groups (broad SMARTS) is 2. The van der Waals surface area contributed by atoms with Gasteiger partial charge in [-0.25, -0.2) is 19.2 Å². The molecule has 0 aliphatic carbocycles. The maximum atomic E-state index is 12.3. The number of nitrogens with one attached hydrogen (secondary N) is 2. The Bertz CT molecular complexity index is 930. The Morgan fingerprint density at radius 3 is 2.03 bits per heavy atom. The zero-order valence-corrected chi connectivity index (χ0v) is 19.0. The molecular weight excluding hydrogens is 464 g/mol. The van der Waals surface area contributed by atoms with Crippen LogP contribution < -0.4 is 10.6 Å². The van der Waals surface area contributed by atoms with Gasteiger partial charge in [0.2, 0.25) is 0 Å². The van der Waals surface area contributed by atoms with E-state index < -0.39 is 42.8 Å². The Hall–Kier alpha value is -4.29. The van der Waals surface area contributed by atoms with Crippen LogP contribution >= 0.6 is 0 Å². The molecule has 35 heavy (non-hydrogen) atoms. The van der Waals surface area contributed by atoms with E-state index >= 15 is 0 Å². The summed E-state index contributed by atoms with van der Waals surface area (Å²) in [6, 6.07) is 6.73. The van der Waals surface area contributed by atoms with E-state index in [0.29, 0.717) is 0 Å². The second-order valence-electron chi connectivity index (χ2n) is 7.58. The number of ether oxygens (including phenoxy) is 2. The van der Waals surface area contributed by atoms with Crippen LogP contribution in [0.1, 0.15) is 18.4 Å². The van der Waals surface area contributed by atoms with Crippen molar-refractivity contribution in [2.45, 2.75) is 25.5 Å². The fourth-order valence-corrected chi connectivity index (χ4v) is 2.98. The molecule has 1 aliphatic rings. The van der Waals surface area contributed by atoms with Crippen LogP contribution in [-0.2, 0) is 25.7 Å². The molecule has 1 fully saturated rings. The van der Waals surface area contributed by atoms with Crippen molar-refractivity contribution in [2.24, 2.45) is 0 Å². The zero-order chi connectivity index (χ0) is 25.8. The van der Waals surface area contributed by atoms with Gasteiger partial charge in [-0.3, -0.25) is 4.79 Å². The summed E-state index contributed by atoms with van der Waals surface area (Å²) in [5.41, 5.74) is 0.939. The van der Waals surface area contributed by atoms with Crippen LogP contribution in [0.2, 0.25) is 0 Å². The van der Waals surface area contributed by atoms with Gasteiger partial charge in [-0.05, 0) is 12.0 Å². The minimum absolute atomic E-state index is 0.0265. The minimum atomic E-state index is -1.54. The van der Waals surface area contributed by atoms with Gasteiger partial charge in [-0.15, -0.1) is 0 Å². The molecule has 1 saturated heterocycles. The smallest absolute Gasteiger partial charge is 0.410 e. The van der Waals surface area contributed by atoms with E-state index in [4.69, 9.17) is 14.6 Å². The van der Waals surface area contributed by atoms with Crippen LogP contribution in [0.25, 0.3) is 0 Å². The first-order valence-corrected chi connectivity index (χ1v) is 10.7. The van der Waals surface area contributed by atoms with Gasteiger partial charge in [0.25, 0.3) is 0 Å². The number of amides is 4. The molecule has 0 bridgehead atoms. The van der Waals surface area contributed by atoms with Crippen LogP contribution in [0.4, 0.5) is 14.4 Å². The molecule has 1 aliphatic heterocycles. The zero-order valence-electron chi connectivity index (χ0n) is 19.0. The molecule has 1 aromatic carbocycles. The van der Waals surface area contributed by atoms with Crippen LogP contribution in [0, 0.1) is 0 Å². The number of carboxylic acids is 2. The Morgan fingerprint density at radius 1 is 0.914 bits per heavy atom. The third kappa shape index (κ3) is 9.61. The number of carbonyl (C=O) groups is 5. The fourth-order valence-electron chi connectivity index (χ4n) is 2.98. The highest BCUT2D eigenvalue weighted by Crippen LogP contribution is 2.08. The van der Waals surface area contributed by atoms with Crippen molar-refractivity contribution in [3.8, 4) is 0 Å².